The third-order valence-corrected chi connectivity index (χ3v) is 6.01. The van der Waals surface area contributed by atoms with Crippen molar-refractivity contribution in [2.75, 3.05) is 0 Å². The van der Waals surface area contributed by atoms with Gasteiger partial charge < -0.3 is 0 Å². The topological polar surface area (TPSA) is 3.88 Å². The second-order valence-corrected chi connectivity index (χ2v) is 7.87. The molecule has 0 amide bonds. The van der Waals surface area contributed by atoms with E-state index in [-0.39, 0.29) is 6.04 Å². The van der Waals surface area contributed by atoms with E-state index in [2.05, 4.69) is 104 Å². The highest BCUT2D eigenvalue weighted by molar-refractivity contribution is 5.94. The van der Waals surface area contributed by atoms with Crippen LogP contribution in [0.2, 0.25) is 0 Å². The third-order valence-electron chi connectivity index (χ3n) is 6.01. The molecule has 1 unspecified atom stereocenters. The van der Waals surface area contributed by atoms with E-state index in [4.69, 9.17) is 0 Å². The van der Waals surface area contributed by atoms with Gasteiger partial charge in [-0.1, -0.05) is 66.7 Å². The summed E-state index contributed by atoms with van der Waals surface area (Å²) in [6.07, 6.45) is 0.925. The molecule has 4 aromatic rings. The van der Waals surface area contributed by atoms with Crippen LogP contribution in [0, 0.1) is 6.92 Å². The summed E-state index contributed by atoms with van der Waals surface area (Å²) in [4.78, 5) is 0. The fraction of sp³-hybridized carbons (Fsp3) is 0.148. The van der Waals surface area contributed by atoms with Crippen molar-refractivity contribution >= 4 is 10.9 Å². The van der Waals surface area contributed by atoms with Crippen molar-refractivity contribution in [3.63, 3.8) is 0 Å². The van der Waals surface area contributed by atoms with Crippen LogP contribution in [0.1, 0.15) is 24.1 Å². The monoisotopic (exact) mass is 362 g/mol. The van der Waals surface area contributed by atoms with E-state index in [1.807, 2.05) is 0 Å². The average Bonchev–Trinajstić information content (AvgIpc) is 2.82. The molecule has 0 saturated heterocycles. The number of hydrogen-bond donors (Lipinski definition) is 0. The molecule has 0 radical (unpaired) electrons. The standard InChI is InChI=1S/C27H24N/c1-18-13-14-23-22(15-18)16-19(2)20(3)28-26-12-8-7-11-24(26)25(17-27(23)28)21-9-5-4-6-10-21/h4-15,17,20H,2,16H2,1,3H3/q+1. The number of allylic oxidation sites excluding steroid dienone is 1. The highest BCUT2D eigenvalue weighted by Gasteiger charge is 2.32. The molecule has 1 aliphatic heterocycles. The molecule has 0 spiro atoms. The Morgan fingerprint density at radius 1 is 0.857 bits per heavy atom. The van der Waals surface area contributed by atoms with Crippen LogP contribution in [-0.4, -0.2) is 0 Å². The molecule has 1 heteroatoms. The van der Waals surface area contributed by atoms with Gasteiger partial charge in [0.1, 0.15) is 0 Å². The second kappa shape index (κ2) is 6.45. The van der Waals surface area contributed by atoms with Crippen molar-refractivity contribution in [3.05, 3.63) is 102 Å². The fourth-order valence-electron chi connectivity index (χ4n) is 4.50. The summed E-state index contributed by atoms with van der Waals surface area (Å²) in [5, 5.41) is 1.28. The molecule has 0 saturated carbocycles. The van der Waals surface area contributed by atoms with Gasteiger partial charge in [-0.3, -0.25) is 0 Å². The average molecular weight is 362 g/mol. The zero-order chi connectivity index (χ0) is 19.3. The molecular formula is C27H24N+. The van der Waals surface area contributed by atoms with E-state index >= 15 is 0 Å². The van der Waals surface area contributed by atoms with Gasteiger partial charge in [0.25, 0.3) is 0 Å². The first kappa shape index (κ1) is 16.9. The smallest absolute Gasteiger partial charge is 0.185 e. The van der Waals surface area contributed by atoms with Gasteiger partial charge in [0.05, 0.1) is 5.39 Å². The van der Waals surface area contributed by atoms with Crippen LogP contribution in [0.15, 0.2) is 91.0 Å². The van der Waals surface area contributed by atoms with E-state index in [1.165, 1.54) is 50.0 Å². The van der Waals surface area contributed by atoms with Crippen LogP contribution >= 0.6 is 0 Å². The third kappa shape index (κ3) is 2.58. The van der Waals surface area contributed by atoms with E-state index < -0.39 is 0 Å². The van der Waals surface area contributed by atoms with Crippen molar-refractivity contribution in [2.45, 2.75) is 26.3 Å². The summed E-state index contributed by atoms with van der Waals surface area (Å²) < 4.78 is 2.48. The molecule has 28 heavy (non-hydrogen) atoms. The van der Waals surface area contributed by atoms with E-state index in [9.17, 15) is 0 Å². The van der Waals surface area contributed by atoms with Crippen LogP contribution in [-0.2, 0) is 6.42 Å². The van der Waals surface area contributed by atoms with Gasteiger partial charge in [0.2, 0.25) is 11.2 Å². The number of rotatable bonds is 1. The Hall–Kier alpha value is -3.19. The van der Waals surface area contributed by atoms with Gasteiger partial charge in [0, 0.05) is 36.6 Å². The predicted molar refractivity (Wildman–Crippen MR) is 117 cm³/mol. The maximum absolute atomic E-state index is 4.45. The lowest BCUT2D eigenvalue weighted by Gasteiger charge is -2.15. The SMILES string of the molecule is C=C1Cc2cc(C)ccc2-c2cc(-c3ccccc3)c3ccccc3[n+]2C1C. The Morgan fingerprint density at radius 3 is 2.43 bits per heavy atom. The number of para-hydroxylation sites is 1. The summed E-state index contributed by atoms with van der Waals surface area (Å²) in [5.41, 5.74) is 10.3. The van der Waals surface area contributed by atoms with Crippen molar-refractivity contribution in [1.82, 2.24) is 0 Å². The molecule has 3 aromatic carbocycles. The Morgan fingerprint density at radius 2 is 1.61 bits per heavy atom. The molecule has 1 nitrogen and oxygen atoms in total. The Balaban J connectivity index is 1.94. The van der Waals surface area contributed by atoms with Crippen molar-refractivity contribution in [1.29, 1.82) is 0 Å². The molecule has 1 aromatic heterocycles. The summed E-state index contributed by atoms with van der Waals surface area (Å²) in [7, 11) is 0. The van der Waals surface area contributed by atoms with Crippen LogP contribution < -0.4 is 4.57 Å². The van der Waals surface area contributed by atoms with Crippen molar-refractivity contribution < 1.29 is 4.57 Å². The quantitative estimate of drug-likeness (QED) is 0.271. The zero-order valence-electron chi connectivity index (χ0n) is 16.4. The summed E-state index contributed by atoms with van der Waals surface area (Å²) in [6.45, 7) is 8.89. The first-order chi connectivity index (χ1) is 13.6. The van der Waals surface area contributed by atoms with E-state index in [0.717, 1.165) is 6.42 Å². The minimum absolute atomic E-state index is 0.248. The molecule has 5 rings (SSSR count). The first-order valence-electron chi connectivity index (χ1n) is 9.94. The number of pyridine rings is 1. The number of fused-ring (bicyclic) bond motifs is 5. The minimum atomic E-state index is 0.248. The van der Waals surface area contributed by atoms with Gasteiger partial charge in [-0.05, 0) is 35.8 Å². The maximum Gasteiger partial charge on any atom is 0.214 e. The summed E-state index contributed by atoms with van der Waals surface area (Å²) in [5.74, 6) is 0. The molecule has 0 fully saturated rings. The van der Waals surface area contributed by atoms with Gasteiger partial charge in [-0.25, -0.2) is 0 Å². The Kier molecular flexibility index (Phi) is 3.91. The number of aryl methyl sites for hydroxylation is 1. The first-order valence-corrected chi connectivity index (χ1v) is 9.94. The Labute approximate surface area is 166 Å². The van der Waals surface area contributed by atoms with E-state index in [0.29, 0.717) is 0 Å². The summed E-state index contributed by atoms with van der Waals surface area (Å²) >= 11 is 0. The molecule has 1 aliphatic rings. The number of benzene rings is 3. The van der Waals surface area contributed by atoms with Crippen LogP contribution in [0.4, 0.5) is 0 Å². The van der Waals surface area contributed by atoms with Crippen LogP contribution in [0.5, 0.6) is 0 Å². The number of nitrogens with zero attached hydrogens (tertiary/aromatic N) is 1. The minimum Gasteiger partial charge on any atom is -0.185 e. The molecule has 0 bridgehead atoms. The lowest BCUT2D eigenvalue weighted by atomic mass is 9.94. The summed E-state index contributed by atoms with van der Waals surface area (Å²) in [6, 6.07) is 28.9. The van der Waals surface area contributed by atoms with Gasteiger partial charge in [-0.2, -0.15) is 4.57 Å². The molecule has 0 aliphatic carbocycles. The molecule has 0 N–H and O–H groups in total. The highest BCUT2D eigenvalue weighted by atomic mass is 15.0. The normalized spacial score (nSPS) is 15.8. The van der Waals surface area contributed by atoms with Gasteiger partial charge in [0.15, 0.2) is 6.04 Å². The lowest BCUT2D eigenvalue weighted by Crippen LogP contribution is -2.41. The molecule has 1 atom stereocenters. The molecule has 136 valence electrons. The second-order valence-electron chi connectivity index (χ2n) is 7.87. The number of hydrogen-bond acceptors (Lipinski definition) is 0. The molecular weight excluding hydrogens is 338 g/mol. The maximum atomic E-state index is 4.45. The van der Waals surface area contributed by atoms with Gasteiger partial charge in [-0.15, -0.1) is 0 Å². The fourth-order valence-corrected chi connectivity index (χ4v) is 4.50. The predicted octanol–water partition coefficient (Wildman–Crippen LogP) is 6.44. The van der Waals surface area contributed by atoms with Gasteiger partial charge >= 0.3 is 0 Å². The highest BCUT2D eigenvalue weighted by Crippen LogP contribution is 2.37. The van der Waals surface area contributed by atoms with Crippen molar-refractivity contribution in [3.8, 4) is 22.4 Å². The lowest BCUT2D eigenvalue weighted by molar-refractivity contribution is -0.675. The van der Waals surface area contributed by atoms with Crippen LogP contribution in [0.3, 0.4) is 0 Å². The van der Waals surface area contributed by atoms with Crippen LogP contribution in [0.25, 0.3) is 33.3 Å². The number of aromatic nitrogens is 1. The largest absolute Gasteiger partial charge is 0.214 e. The Bertz CT molecular complexity index is 1220. The van der Waals surface area contributed by atoms with E-state index in [1.54, 1.807) is 0 Å². The van der Waals surface area contributed by atoms with Crippen molar-refractivity contribution in [2.24, 2.45) is 0 Å². The molecule has 2 heterocycles. The zero-order valence-corrected chi connectivity index (χ0v) is 16.4.